The summed E-state index contributed by atoms with van der Waals surface area (Å²) in [5.41, 5.74) is 13.0. The Hall–Kier alpha value is -4.31. The number of rotatable bonds is 7. The monoisotopic (exact) mass is 532 g/mol. The number of ether oxygens (including phenoxy) is 1. The summed E-state index contributed by atoms with van der Waals surface area (Å²) in [7, 11) is 0. The molecule has 2 amide bonds. The Morgan fingerprint density at radius 1 is 1.21 bits per heavy atom. The predicted molar refractivity (Wildman–Crippen MR) is 149 cm³/mol. The number of fused-ring (bicyclic) bond motifs is 1. The number of amides is 2. The van der Waals surface area contributed by atoms with E-state index >= 15 is 4.39 Å². The van der Waals surface area contributed by atoms with E-state index in [0.717, 1.165) is 0 Å². The Labute approximate surface area is 226 Å². The maximum atomic E-state index is 15.3. The summed E-state index contributed by atoms with van der Waals surface area (Å²) in [6.07, 6.45) is 4.11. The van der Waals surface area contributed by atoms with Crippen molar-refractivity contribution in [2.75, 3.05) is 13.1 Å². The lowest BCUT2D eigenvalue weighted by atomic mass is 10.0. The zero-order chi connectivity index (χ0) is 28.3. The van der Waals surface area contributed by atoms with E-state index in [0.29, 0.717) is 41.0 Å². The highest BCUT2D eigenvalue weighted by molar-refractivity contribution is 5.99. The summed E-state index contributed by atoms with van der Waals surface area (Å²) in [5.74, 6) is -0.379. The normalized spacial score (nSPS) is 14.5. The molecule has 5 N–H and O–H groups in total. The van der Waals surface area contributed by atoms with Crippen LogP contribution >= 0.6 is 0 Å². The van der Waals surface area contributed by atoms with Crippen molar-refractivity contribution in [1.82, 2.24) is 15.2 Å². The van der Waals surface area contributed by atoms with Crippen LogP contribution in [0.2, 0.25) is 0 Å². The average molecular weight is 533 g/mol. The Morgan fingerprint density at radius 3 is 2.62 bits per heavy atom. The topological polar surface area (TPSA) is 136 Å². The summed E-state index contributed by atoms with van der Waals surface area (Å²) >= 11 is 0. The summed E-state index contributed by atoms with van der Waals surface area (Å²) in [6, 6.07) is 9.98. The third kappa shape index (κ3) is 6.58. The first-order valence-electron chi connectivity index (χ1n) is 12.6. The number of nitrogens with one attached hydrogen (secondary N) is 1. The fourth-order valence-corrected chi connectivity index (χ4v) is 4.05. The van der Waals surface area contributed by atoms with Crippen LogP contribution in [0.25, 0.3) is 10.9 Å². The molecule has 2 heterocycles. The zero-order valence-corrected chi connectivity index (χ0v) is 22.5. The minimum absolute atomic E-state index is 0.00313. The van der Waals surface area contributed by atoms with Gasteiger partial charge in [-0.2, -0.15) is 0 Å². The number of aromatic nitrogens is 1. The van der Waals surface area contributed by atoms with Gasteiger partial charge in [-0.3, -0.25) is 19.6 Å². The van der Waals surface area contributed by atoms with Crippen LogP contribution in [0.3, 0.4) is 0 Å². The van der Waals surface area contributed by atoms with Gasteiger partial charge in [-0.05, 0) is 63.6 Å². The van der Waals surface area contributed by atoms with Crippen molar-refractivity contribution in [2.45, 2.75) is 45.7 Å². The summed E-state index contributed by atoms with van der Waals surface area (Å²) in [4.78, 5) is 35.7. The second-order valence-corrected chi connectivity index (χ2v) is 10.6. The third-order valence-electron chi connectivity index (χ3n) is 6.19. The van der Waals surface area contributed by atoms with E-state index in [-0.39, 0.29) is 40.8 Å². The molecule has 2 aromatic carbocycles. The van der Waals surface area contributed by atoms with E-state index in [9.17, 15) is 9.59 Å². The van der Waals surface area contributed by atoms with Gasteiger partial charge in [-0.15, -0.1) is 0 Å². The summed E-state index contributed by atoms with van der Waals surface area (Å²) < 4.78 is 21.4. The molecular weight excluding hydrogens is 499 g/mol. The van der Waals surface area contributed by atoms with Gasteiger partial charge < -0.3 is 26.4 Å². The summed E-state index contributed by atoms with van der Waals surface area (Å²) in [6.45, 7) is 8.36. The van der Waals surface area contributed by atoms with Gasteiger partial charge in [0, 0.05) is 54.3 Å². The second-order valence-electron chi connectivity index (χ2n) is 10.6. The molecule has 1 aromatic heterocycles. The number of allylic oxidation sites excluding steroid dienone is 1. The van der Waals surface area contributed by atoms with Crippen molar-refractivity contribution < 1.29 is 18.7 Å². The molecule has 1 aliphatic heterocycles. The lowest BCUT2D eigenvalue weighted by Gasteiger charge is -2.36. The first-order valence-corrected chi connectivity index (χ1v) is 12.6. The Morgan fingerprint density at radius 2 is 1.95 bits per heavy atom. The van der Waals surface area contributed by atoms with E-state index < -0.39 is 11.7 Å². The van der Waals surface area contributed by atoms with Crippen LogP contribution in [-0.2, 0) is 11.2 Å². The number of halogens is 1. The molecule has 3 aromatic rings. The lowest BCUT2D eigenvalue weighted by molar-refractivity contribution is -0.119. The Bertz CT molecular complexity index is 1470. The van der Waals surface area contributed by atoms with Gasteiger partial charge in [0.15, 0.2) is 0 Å². The Kier molecular flexibility index (Phi) is 7.96. The van der Waals surface area contributed by atoms with E-state index in [1.54, 1.807) is 48.4 Å². The number of hydrogen-bond donors (Lipinski definition) is 3. The fraction of sp³-hybridized carbons (Fsp3) is 0.310. The predicted octanol–water partition coefficient (Wildman–Crippen LogP) is 3.59. The van der Waals surface area contributed by atoms with E-state index in [4.69, 9.17) is 16.2 Å². The lowest BCUT2D eigenvalue weighted by Crippen LogP contribution is -2.57. The van der Waals surface area contributed by atoms with Gasteiger partial charge in [0.25, 0.3) is 5.91 Å². The molecule has 0 saturated carbocycles. The second kappa shape index (κ2) is 11.2. The van der Waals surface area contributed by atoms with Gasteiger partial charge in [0.1, 0.15) is 17.3 Å². The maximum absolute atomic E-state index is 15.3. The van der Waals surface area contributed by atoms with Crippen LogP contribution in [0.5, 0.6) is 11.5 Å². The molecule has 0 spiro atoms. The molecule has 0 atom stereocenters. The highest BCUT2D eigenvalue weighted by Gasteiger charge is 2.28. The molecule has 204 valence electrons. The molecule has 0 aliphatic carbocycles. The quantitative estimate of drug-likeness (QED) is 0.398. The molecule has 39 heavy (non-hydrogen) atoms. The average Bonchev–Trinajstić information content (AvgIpc) is 2.88. The van der Waals surface area contributed by atoms with Gasteiger partial charge in [0.05, 0.1) is 23.2 Å². The van der Waals surface area contributed by atoms with Crippen molar-refractivity contribution in [2.24, 2.45) is 16.5 Å². The molecular formula is C29H33FN6O3. The van der Waals surface area contributed by atoms with Crippen LogP contribution in [-0.4, -0.2) is 52.6 Å². The van der Waals surface area contributed by atoms with Gasteiger partial charge in [-0.25, -0.2) is 4.39 Å². The smallest absolute Gasteiger partial charge is 0.253 e. The van der Waals surface area contributed by atoms with Crippen molar-refractivity contribution in [3.8, 4) is 11.5 Å². The zero-order valence-electron chi connectivity index (χ0n) is 22.5. The molecule has 1 saturated heterocycles. The number of nitrogens with two attached hydrogens (primary N) is 2. The summed E-state index contributed by atoms with van der Waals surface area (Å²) in [5, 5.41) is 3.27. The van der Waals surface area contributed by atoms with Crippen LogP contribution in [0.15, 0.2) is 59.5 Å². The number of hydrogen-bond acceptors (Lipinski definition) is 7. The number of benzene rings is 2. The minimum atomic E-state index is -0.548. The first kappa shape index (κ1) is 27.7. The number of carbonyl (C=O) groups excluding carboxylic acids is 2. The van der Waals surface area contributed by atoms with Gasteiger partial charge >= 0.3 is 0 Å². The van der Waals surface area contributed by atoms with Crippen LogP contribution in [0, 0.1) is 12.7 Å². The molecule has 0 bridgehead atoms. The third-order valence-corrected chi connectivity index (χ3v) is 6.19. The van der Waals surface area contributed by atoms with Gasteiger partial charge in [-0.1, -0.05) is 6.07 Å². The van der Waals surface area contributed by atoms with E-state index in [1.807, 2.05) is 20.8 Å². The molecule has 0 unspecified atom stereocenters. The largest absolute Gasteiger partial charge is 0.456 e. The van der Waals surface area contributed by atoms with E-state index in [1.165, 1.54) is 18.5 Å². The molecule has 1 fully saturated rings. The number of nitrogens with zero attached hydrogens (tertiary/aromatic N) is 3. The minimum Gasteiger partial charge on any atom is -0.456 e. The number of pyridine rings is 1. The number of likely N-dealkylation sites (tertiary alicyclic amines) is 1. The maximum Gasteiger partial charge on any atom is 0.253 e. The molecule has 9 nitrogen and oxygen atoms in total. The molecule has 0 radical (unpaired) electrons. The van der Waals surface area contributed by atoms with Crippen molar-refractivity contribution >= 4 is 28.9 Å². The van der Waals surface area contributed by atoms with Crippen LogP contribution in [0.4, 0.5) is 4.39 Å². The molecule has 10 heteroatoms. The van der Waals surface area contributed by atoms with Crippen LogP contribution < -0.4 is 21.5 Å². The van der Waals surface area contributed by atoms with Crippen molar-refractivity contribution in [1.29, 1.82) is 0 Å². The number of aliphatic imine (C=N–C) groups is 1. The number of carbonyl (C=O) groups is 2. The molecule has 4 rings (SSSR count). The van der Waals surface area contributed by atoms with E-state index in [2.05, 4.69) is 15.3 Å². The van der Waals surface area contributed by atoms with Crippen LogP contribution in [0.1, 0.15) is 42.3 Å². The highest BCUT2D eigenvalue weighted by Crippen LogP contribution is 2.33. The van der Waals surface area contributed by atoms with Crippen molar-refractivity contribution in [3.63, 3.8) is 0 Å². The first-order chi connectivity index (χ1) is 18.4. The molecule has 1 aliphatic rings. The highest BCUT2D eigenvalue weighted by atomic mass is 19.1. The van der Waals surface area contributed by atoms with Gasteiger partial charge in [0.2, 0.25) is 5.91 Å². The standard InChI is InChI=1S/C29H33FN6O3/c1-17-24(8-6-18(27(17)30)12-26(37)35-21(13-31)14-34-29(2,3)4)39-25-9-10-33-23-7-5-19(11-22(23)25)28(38)36-15-20(32)16-36/h5-11,13-14,20H,12,15-16,31-32H2,1-4H3,(H,35,37)/b21-13+,34-14?. The SMILES string of the molecule is Cc1c(Oc2ccnc3ccc(C(=O)N4CC(N)C4)cc23)ccc(CC(=O)N/C(C=NC(C)(C)C)=C/N)c1F. The Balaban J connectivity index is 1.52. The fourth-order valence-electron chi connectivity index (χ4n) is 4.05. The van der Waals surface area contributed by atoms with Crippen molar-refractivity contribution in [3.05, 3.63) is 77.0 Å².